The maximum absolute atomic E-state index is 5.45. The van der Waals surface area contributed by atoms with E-state index in [1.807, 2.05) is 48.8 Å². The van der Waals surface area contributed by atoms with Crippen LogP contribution in [-0.2, 0) is 0 Å². The van der Waals surface area contributed by atoms with Crippen LogP contribution in [0.2, 0.25) is 0 Å². The average molecular weight is 866 g/mol. The maximum atomic E-state index is 5.45. The molecule has 4 aromatic heterocycles. The molecule has 7 nitrogen and oxygen atoms in total. The van der Waals surface area contributed by atoms with Crippen LogP contribution in [0.1, 0.15) is 22.3 Å². The molecule has 0 fully saturated rings. The Hall–Kier alpha value is -8.68. The first-order valence-electron chi connectivity index (χ1n) is 22.6. The van der Waals surface area contributed by atoms with Crippen molar-refractivity contribution in [3.05, 3.63) is 235 Å². The average Bonchev–Trinajstić information content (AvgIpc) is 3.70. The summed E-state index contributed by atoms with van der Waals surface area (Å²) in [5.41, 5.74) is 19.5. The third-order valence-electron chi connectivity index (χ3n) is 12.3. The topological polar surface area (TPSA) is 63.0 Å². The number of nitrogens with zero attached hydrogens (tertiary/aromatic N) is 7. The van der Waals surface area contributed by atoms with Gasteiger partial charge in [0.1, 0.15) is 11.0 Å². The van der Waals surface area contributed by atoms with Crippen molar-refractivity contribution in [3.8, 4) is 39.6 Å². The van der Waals surface area contributed by atoms with Gasteiger partial charge >= 0.3 is 0 Å². The second-order valence-corrected chi connectivity index (χ2v) is 17.1. The molecule has 0 amide bonds. The number of benzene rings is 7. The summed E-state index contributed by atoms with van der Waals surface area (Å²) in [6.07, 6.45) is 3.70. The Kier molecular flexibility index (Phi) is 10.6. The second-order valence-electron chi connectivity index (χ2n) is 17.1. The molecular formula is C60H47N7. The molecule has 322 valence electrons. The van der Waals surface area contributed by atoms with Gasteiger partial charge in [0.05, 0.1) is 39.5 Å². The summed E-state index contributed by atoms with van der Waals surface area (Å²) < 4.78 is 2.36. The van der Waals surface area contributed by atoms with Crippen LogP contribution in [0.15, 0.2) is 213 Å². The summed E-state index contributed by atoms with van der Waals surface area (Å²) in [5, 5.41) is 0. The first-order valence-corrected chi connectivity index (χ1v) is 22.6. The third kappa shape index (κ3) is 7.87. The quantitative estimate of drug-likeness (QED) is 0.136. The van der Waals surface area contributed by atoms with Gasteiger partial charge in [-0.2, -0.15) is 0 Å². The third-order valence-corrected chi connectivity index (χ3v) is 12.3. The first kappa shape index (κ1) is 41.1. The molecule has 0 aliphatic carbocycles. The number of anilines is 6. The van der Waals surface area contributed by atoms with Crippen molar-refractivity contribution >= 4 is 56.2 Å². The number of fused-ring (bicyclic) bond motifs is 3. The van der Waals surface area contributed by atoms with Crippen molar-refractivity contribution < 1.29 is 0 Å². The van der Waals surface area contributed by atoms with Gasteiger partial charge < -0.3 is 14.4 Å². The summed E-state index contributed by atoms with van der Waals surface area (Å²) in [6, 6.07) is 70.8. The lowest BCUT2D eigenvalue weighted by Crippen LogP contribution is -2.18. The molecule has 0 aliphatic heterocycles. The number of aryl methyl sites for hydroxylation is 4. The predicted molar refractivity (Wildman–Crippen MR) is 277 cm³/mol. The maximum Gasteiger partial charge on any atom is 0.160 e. The molecule has 0 radical (unpaired) electrons. The Labute approximate surface area is 391 Å². The van der Waals surface area contributed by atoms with Gasteiger partial charge in [-0.15, -0.1) is 0 Å². The molecule has 11 aromatic rings. The molecule has 0 atom stereocenters. The highest BCUT2D eigenvalue weighted by atomic mass is 15.2. The molecule has 7 aromatic carbocycles. The van der Waals surface area contributed by atoms with Gasteiger partial charge in [-0.1, -0.05) is 131 Å². The van der Waals surface area contributed by atoms with E-state index in [0.717, 1.165) is 90.0 Å². The molecule has 67 heavy (non-hydrogen) atoms. The zero-order valence-corrected chi connectivity index (χ0v) is 37.8. The smallest absolute Gasteiger partial charge is 0.160 e. The minimum Gasteiger partial charge on any atom is -0.308 e. The Balaban J connectivity index is 1.34. The highest BCUT2D eigenvalue weighted by Crippen LogP contribution is 2.50. The van der Waals surface area contributed by atoms with Crippen LogP contribution in [0.5, 0.6) is 0 Å². The molecule has 0 unspecified atom stereocenters. The molecule has 0 N–H and O–H groups in total. The lowest BCUT2D eigenvalue weighted by Gasteiger charge is -2.34. The summed E-state index contributed by atoms with van der Waals surface area (Å²) >= 11 is 0. The van der Waals surface area contributed by atoms with Crippen molar-refractivity contribution in [3.63, 3.8) is 0 Å². The highest BCUT2D eigenvalue weighted by molar-refractivity contribution is 6.07. The van der Waals surface area contributed by atoms with Crippen molar-refractivity contribution in [1.82, 2.24) is 24.5 Å². The van der Waals surface area contributed by atoms with E-state index in [0.29, 0.717) is 5.82 Å². The van der Waals surface area contributed by atoms with Crippen molar-refractivity contribution in [2.24, 2.45) is 0 Å². The van der Waals surface area contributed by atoms with E-state index in [4.69, 9.17) is 19.9 Å². The van der Waals surface area contributed by atoms with Gasteiger partial charge in [0, 0.05) is 51.8 Å². The van der Waals surface area contributed by atoms with Gasteiger partial charge in [-0.3, -0.25) is 9.97 Å². The van der Waals surface area contributed by atoms with E-state index in [-0.39, 0.29) is 0 Å². The minimum atomic E-state index is 0.645. The van der Waals surface area contributed by atoms with Crippen molar-refractivity contribution in [2.45, 2.75) is 27.7 Å². The molecule has 7 heteroatoms. The van der Waals surface area contributed by atoms with Gasteiger partial charge in [0.2, 0.25) is 0 Å². The SMILES string of the molecule is Cc1ccc(N(c2ccc(C)cc2)c2cc(-c3cc(-c4ccccc4)nc(-c4ccccc4)n3)cc(N(c3ccc(C)cc3)c3ccc(C)cc3)c2-n2c3cccnc3c3ncccc32)cc1. The molecule has 4 heterocycles. The van der Waals surface area contributed by atoms with E-state index in [2.05, 4.69) is 206 Å². The highest BCUT2D eigenvalue weighted by Gasteiger charge is 2.29. The Morgan fingerprint density at radius 2 is 0.731 bits per heavy atom. The molecule has 0 bridgehead atoms. The molecule has 0 spiro atoms. The van der Waals surface area contributed by atoms with Crippen LogP contribution in [-0.4, -0.2) is 24.5 Å². The van der Waals surface area contributed by atoms with E-state index < -0.39 is 0 Å². The number of aromatic nitrogens is 5. The van der Waals surface area contributed by atoms with Gasteiger partial charge in [-0.25, -0.2) is 9.97 Å². The second kappa shape index (κ2) is 17.4. The Morgan fingerprint density at radius 3 is 1.13 bits per heavy atom. The lowest BCUT2D eigenvalue weighted by molar-refractivity contribution is 1.12. The number of hydrogen-bond acceptors (Lipinski definition) is 6. The van der Waals surface area contributed by atoms with Crippen LogP contribution in [0.3, 0.4) is 0 Å². The lowest BCUT2D eigenvalue weighted by atomic mass is 10.0. The summed E-state index contributed by atoms with van der Waals surface area (Å²) in [6.45, 7) is 8.53. The Morgan fingerprint density at radius 1 is 0.358 bits per heavy atom. The number of pyridine rings is 2. The summed E-state index contributed by atoms with van der Waals surface area (Å²) in [7, 11) is 0. The van der Waals surface area contributed by atoms with Gasteiger partial charge in [0.15, 0.2) is 5.82 Å². The molecular weight excluding hydrogens is 819 g/mol. The van der Waals surface area contributed by atoms with Gasteiger partial charge in [0.25, 0.3) is 0 Å². The summed E-state index contributed by atoms with van der Waals surface area (Å²) in [4.78, 5) is 25.4. The van der Waals surface area contributed by atoms with Crippen molar-refractivity contribution in [2.75, 3.05) is 9.80 Å². The monoisotopic (exact) mass is 865 g/mol. The normalized spacial score (nSPS) is 11.3. The van der Waals surface area contributed by atoms with E-state index >= 15 is 0 Å². The minimum absolute atomic E-state index is 0.645. The summed E-state index contributed by atoms with van der Waals surface area (Å²) in [5.74, 6) is 0.645. The van der Waals surface area contributed by atoms with Crippen LogP contribution in [0.25, 0.3) is 61.7 Å². The molecule has 0 saturated heterocycles. The predicted octanol–water partition coefficient (Wildman–Crippen LogP) is 15.5. The molecule has 0 aliphatic rings. The van der Waals surface area contributed by atoms with Crippen LogP contribution in [0, 0.1) is 27.7 Å². The largest absolute Gasteiger partial charge is 0.308 e. The van der Waals surface area contributed by atoms with E-state index in [1.165, 1.54) is 22.3 Å². The zero-order chi connectivity index (χ0) is 45.4. The van der Waals surface area contributed by atoms with E-state index in [1.54, 1.807) is 0 Å². The number of rotatable bonds is 10. The first-order chi connectivity index (χ1) is 32.9. The standard InChI is InChI=1S/C60H47N7/c1-40-19-27-47(28-20-40)65(48-29-21-41(2)22-30-48)55-37-46(52-39-51(44-13-7-5-8-14-44)63-60(64-52)45-15-9-6-10-16-45)38-56(66(49-31-23-42(3)24-32-49)50-33-25-43(4)26-34-50)59(55)67-53-17-11-35-61-57(53)58-54(67)18-12-36-62-58/h5-39H,1-4H3. The Bertz CT molecular complexity index is 3210. The van der Waals surface area contributed by atoms with Crippen molar-refractivity contribution in [1.29, 1.82) is 0 Å². The molecule has 11 rings (SSSR count). The van der Waals surface area contributed by atoms with Crippen LogP contribution in [0.4, 0.5) is 34.1 Å². The fraction of sp³-hybridized carbons (Fsp3) is 0.0667. The zero-order valence-electron chi connectivity index (χ0n) is 37.8. The van der Waals surface area contributed by atoms with Gasteiger partial charge in [-0.05, 0) is 119 Å². The number of hydrogen-bond donors (Lipinski definition) is 0. The fourth-order valence-electron chi connectivity index (χ4n) is 8.91. The molecule has 0 saturated carbocycles. The fourth-order valence-corrected chi connectivity index (χ4v) is 8.91. The van der Waals surface area contributed by atoms with E-state index in [9.17, 15) is 0 Å². The van der Waals surface area contributed by atoms with Crippen LogP contribution >= 0.6 is 0 Å². The van der Waals surface area contributed by atoms with Crippen LogP contribution < -0.4 is 9.80 Å².